The number of pyridine rings is 1. The first-order valence-corrected chi connectivity index (χ1v) is 7.15. The highest BCUT2D eigenvalue weighted by Crippen LogP contribution is 2.41. The van der Waals surface area contributed by atoms with E-state index in [-0.39, 0.29) is 0 Å². The predicted octanol–water partition coefficient (Wildman–Crippen LogP) is 3.20. The Balaban J connectivity index is 2.12. The number of nitrogens with two attached hydrogens (primary N) is 1. The van der Waals surface area contributed by atoms with Crippen LogP contribution in [0.25, 0.3) is 0 Å². The lowest BCUT2D eigenvalue weighted by Gasteiger charge is -2.22. The van der Waals surface area contributed by atoms with Gasteiger partial charge < -0.3 is 11.1 Å². The topological polar surface area (TPSA) is 50.9 Å². The van der Waals surface area contributed by atoms with E-state index in [0.717, 1.165) is 18.5 Å². The first-order chi connectivity index (χ1) is 8.63. The number of halogens is 1. The van der Waals surface area contributed by atoms with Gasteiger partial charge in [-0.25, -0.2) is 4.98 Å². The van der Waals surface area contributed by atoms with Crippen molar-refractivity contribution in [3.05, 3.63) is 22.8 Å². The molecule has 0 radical (unpaired) electrons. The van der Waals surface area contributed by atoms with Gasteiger partial charge in [0.2, 0.25) is 0 Å². The fraction of sp³-hybridized carbons (Fsp3) is 0.643. The first-order valence-electron chi connectivity index (χ1n) is 6.77. The molecule has 1 aromatic rings. The molecule has 1 heterocycles. The van der Waals surface area contributed by atoms with Gasteiger partial charge in [-0.3, -0.25) is 0 Å². The van der Waals surface area contributed by atoms with Gasteiger partial charge in [0.15, 0.2) is 0 Å². The van der Waals surface area contributed by atoms with E-state index in [1.54, 1.807) is 6.20 Å². The quantitative estimate of drug-likeness (QED) is 0.881. The van der Waals surface area contributed by atoms with E-state index in [4.69, 9.17) is 17.3 Å². The third kappa shape index (κ3) is 2.78. The SMILES string of the molecule is CCCNC1CCC(c2cc(Cl)cnc2N)C1C. The summed E-state index contributed by atoms with van der Waals surface area (Å²) >= 11 is 6.03. The average Bonchev–Trinajstić information content (AvgIpc) is 2.71. The van der Waals surface area contributed by atoms with E-state index in [2.05, 4.69) is 24.1 Å². The fourth-order valence-electron chi connectivity index (χ4n) is 2.98. The van der Waals surface area contributed by atoms with Crippen molar-refractivity contribution in [3.63, 3.8) is 0 Å². The highest BCUT2D eigenvalue weighted by Gasteiger charge is 2.34. The second kappa shape index (κ2) is 5.89. The largest absolute Gasteiger partial charge is 0.383 e. The molecule has 1 saturated carbocycles. The molecular formula is C14H22ClN3. The Hall–Kier alpha value is -0.800. The summed E-state index contributed by atoms with van der Waals surface area (Å²) in [7, 11) is 0. The zero-order valence-corrected chi connectivity index (χ0v) is 11.9. The molecule has 1 aliphatic rings. The van der Waals surface area contributed by atoms with Crippen molar-refractivity contribution >= 4 is 17.4 Å². The van der Waals surface area contributed by atoms with Crippen LogP contribution < -0.4 is 11.1 Å². The molecule has 3 unspecified atom stereocenters. The molecule has 18 heavy (non-hydrogen) atoms. The molecule has 0 aliphatic heterocycles. The fourth-order valence-corrected chi connectivity index (χ4v) is 3.15. The minimum Gasteiger partial charge on any atom is -0.383 e. The van der Waals surface area contributed by atoms with Crippen molar-refractivity contribution in [2.45, 2.75) is 45.1 Å². The molecule has 4 heteroatoms. The van der Waals surface area contributed by atoms with Crippen LogP contribution in [0, 0.1) is 5.92 Å². The Morgan fingerprint density at radius 2 is 2.28 bits per heavy atom. The van der Waals surface area contributed by atoms with E-state index in [0.29, 0.717) is 28.7 Å². The van der Waals surface area contributed by atoms with Crippen LogP contribution in [0.3, 0.4) is 0 Å². The molecule has 0 saturated heterocycles. The molecule has 3 atom stereocenters. The third-order valence-corrected chi connectivity index (χ3v) is 4.24. The van der Waals surface area contributed by atoms with Crippen LogP contribution in [0.15, 0.2) is 12.3 Å². The number of nitrogen functional groups attached to an aromatic ring is 1. The number of anilines is 1. The summed E-state index contributed by atoms with van der Waals surface area (Å²) in [6, 6.07) is 2.57. The summed E-state index contributed by atoms with van der Waals surface area (Å²) in [5.41, 5.74) is 7.11. The normalized spacial score (nSPS) is 27.6. The van der Waals surface area contributed by atoms with Crippen LogP contribution in [-0.2, 0) is 0 Å². The monoisotopic (exact) mass is 267 g/mol. The second-order valence-corrected chi connectivity index (χ2v) is 5.67. The maximum absolute atomic E-state index is 6.03. The van der Waals surface area contributed by atoms with E-state index >= 15 is 0 Å². The van der Waals surface area contributed by atoms with Crippen LogP contribution in [0.2, 0.25) is 5.02 Å². The Labute approximate surface area is 114 Å². The number of hydrogen-bond donors (Lipinski definition) is 2. The van der Waals surface area contributed by atoms with Gasteiger partial charge in [-0.1, -0.05) is 25.4 Å². The van der Waals surface area contributed by atoms with Crippen LogP contribution in [0.5, 0.6) is 0 Å². The van der Waals surface area contributed by atoms with Crippen molar-refractivity contribution in [1.82, 2.24) is 10.3 Å². The van der Waals surface area contributed by atoms with E-state index < -0.39 is 0 Å². The molecule has 3 nitrogen and oxygen atoms in total. The third-order valence-electron chi connectivity index (χ3n) is 4.03. The molecule has 2 rings (SSSR count). The van der Waals surface area contributed by atoms with Gasteiger partial charge in [0.25, 0.3) is 0 Å². The first kappa shape index (κ1) is 13.6. The zero-order chi connectivity index (χ0) is 13.1. The van der Waals surface area contributed by atoms with Gasteiger partial charge in [0.05, 0.1) is 5.02 Å². The van der Waals surface area contributed by atoms with E-state index in [9.17, 15) is 0 Å². The second-order valence-electron chi connectivity index (χ2n) is 5.23. The smallest absolute Gasteiger partial charge is 0.126 e. The van der Waals surface area contributed by atoms with Gasteiger partial charge in [0, 0.05) is 12.2 Å². The van der Waals surface area contributed by atoms with Gasteiger partial charge in [-0.15, -0.1) is 0 Å². The molecule has 0 aromatic carbocycles. The summed E-state index contributed by atoms with van der Waals surface area (Å²) in [5.74, 6) is 1.69. The number of nitrogens with zero attached hydrogens (tertiary/aromatic N) is 1. The number of hydrogen-bond acceptors (Lipinski definition) is 3. The highest BCUT2D eigenvalue weighted by atomic mass is 35.5. The van der Waals surface area contributed by atoms with Gasteiger partial charge in [-0.2, -0.15) is 0 Å². The maximum atomic E-state index is 6.03. The lowest BCUT2D eigenvalue weighted by Crippen LogP contribution is -2.33. The average molecular weight is 268 g/mol. The predicted molar refractivity (Wildman–Crippen MR) is 76.9 cm³/mol. The van der Waals surface area contributed by atoms with E-state index in [1.807, 2.05) is 6.07 Å². The molecule has 3 N–H and O–H groups in total. The van der Waals surface area contributed by atoms with Crippen LogP contribution in [0.1, 0.15) is 44.6 Å². The standard InChI is InChI=1S/C14H22ClN3/c1-3-6-17-13-5-4-11(9(13)2)12-7-10(15)8-18-14(12)16/h7-9,11,13,17H,3-6H2,1-2H3,(H2,16,18). The molecule has 1 aromatic heterocycles. The highest BCUT2D eigenvalue weighted by molar-refractivity contribution is 6.30. The molecule has 0 amide bonds. The van der Waals surface area contributed by atoms with Crippen molar-refractivity contribution in [2.75, 3.05) is 12.3 Å². The summed E-state index contributed by atoms with van der Waals surface area (Å²) < 4.78 is 0. The van der Waals surface area contributed by atoms with Gasteiger partial charge in [-0.05, 0) is 49.3 Å². The lowest BCUT2D eigenvalue weighted by atomic mass is 9.89. The Morgan fingerprint density at radius 1 is 1.50 bits per heavy atom. The molecule has 0 spiro atoms. The summed E-state index contributed by atoms with van der Waals surface area (Å²) in [6.07, 6.45) is 5.16. The summed E-state index contributed by atoms with van der Waals surface area (Å²) in [5, 5.41) is 4.30. The lowest BCUT2D eigenvalue weighted by molar-refractivity contribution is 0.405. The van der Waals surface area contributed by atoms with Crippen molar-refractivity contribution in [1.29, 1.82) is 0 Å². The number of nitrogens with one attached hydrogen (secondary N) is 1. The van der Waals surface area contributed by atoms with Crippen LogP contribution in [0.4, 0.5) is 5.82 Å². The van der Waals surface area contributed by atoms with Crippen molar-refractivity contribution < 1.29 is 0 Å². The van der Waals surface area contributed by atoms with Crippen LogP contribution in [-0.4, -0.2) is 17.6 Å². The summed E-state index contributed by atoms with van der Waals surface area (Å²) in [6.45, 7) is 5.58. The van der Waals surface area contributed by atoms with E-state index in [1.165, 1.54) is 12.8 Å². The number of aromatic nitrogens is 1. The molecule has 0 bridgehead atoms. The Morgan fingerprint density at radius 3 is 3.00 bits per heavy atom. The van der Waals surface area contributed by atoms with Gasteiger partial charge in [0.1, 0.15) is 5.82 Å². The van der Waals surface area contributed by atoms with Crippen molar-refractivity contribution in [3.8, 4) is 0 Å². The molecule has 1 fully saturated rings. The Bertz CT molecular complexity index is 408. The molecule has 100 valence electrons. The molecule has 1 aliphatic carbocycles. The minimum absolute atomic E-state index is 0.477. The zero-order valence-electron chi connectivity index (χ0n) is 11.1. The summed E-state index contributed by atoms with van der Waals surface area (Å²) in [4.78, 5) is 4.17. The van der Waals surface area contributed by atoms with Crippen molar-refractivity contribution in [2.24, 2.45) is 5.92 Å². The van der Waals surface area contributed by atoms with Gasteiger partial charge >= 0.3 is 0 Å². The molecular weight excluding hydrogens is 246 g/mol. The minimum atomic E-state index is 0.477. The van der Waals surface area contributed by atoms with Crippen LogP contribution >= 0.6 is 11.6 Å². The maximum Gasteiger partial charge on any atom is 0.126 e. The number of rotatable bonds is 4. The Kier molecular flexibility index (Phi) is 4.46.